The van der Waals surface area contributed by atoms with Crippen molar-refractivity contribution in [3.8, 4) is 0 Å². The number of carbonyl (C=O) groups is 1. The Morgan fingerprint density at radius 1 is 1.22 bits per heavy atom. The summed E-state index contributed by atoms with van der Waals surface area (Å²) in [4.78, 5) is 14.2. The summed E-state index contributed by atoms with van der Waals surface area (Å²) >= 11 is 0. The highest BCUT2D eigenvalue weighted by Crippen LogP contribution is 2.29. The lowest BCUT2D eigenvalue weighted by Crippen LogP contribution is -2.41. The molecule has 2 aromatic heterocycles. The van der Waals surface area contributed by atoms with Gasteiger partial charge in [-0.1, -0.05) is 13.8 Å². The van der Waals surface area contributed by atoms with Crippen molar-refractivity contribution in [2.75, 3.05) is 13.1 Å². The molecule has 0 aromatic carbocycles. The highest BCUT2D eigenvalue weighted by atomic mass is 16.4. The van der Waals surface area contributed by atoms with Gasteiger partial charge in [0.1, 0.15) is 11.6 Å². The maximum absolute atomic E-state index is 11.6. The van der Waals surface area contributed by atoms with Crippen LogP contribution in [0.1, 0.15) is 66.5 Å². The van der Waals surface area contributed by atoms with Gasteiger partial charge in [0.05, 0.1) is 0 Å². The summed E-state index contributed by atoms with van der Waals surface area (Å²) in [5, 5.41) is 22.7. The molecule has 0 radical (unpaired) electrons. The van der Waals surface area contributed by atoms with Crippen LogP contribution in [0.4, 0.5) is 0 Å². The first kappa shape index (κ1) is 18.2. The highest BCUT2D eigenvalue weighted by molar-refractivity contribution is 5.87. The Bertz CT molecular complexity index is 853. The fourth-order valence-electron chi connectivity index (χ4n) is 4.57. The predicted molar refractivity (Wildman–Crippen MR) is 100 cm³/mol. The van der Waals surface area contributed by atoms with Gasteiger partial charge in [-0.05, 0) is 26.2 Å². The van der Waals surface area contributed by atoms with Gasteiger partial charge in [-0.15, -0.1) is 10.2 Å². The van der Waals surface area contributed by atoms with Crippen molar-refractivity contribution in [1.82, 2.24) is 29.4 Å². The summed E-state index contributed by atoms with van der Waals surface area (Å²) < 4.78 is 4.14. The molecule has 8 heteroatoms. The zero-order valence-electron chi connectivity index (χ0n) is 16.4. The minimum atomic E-state index is -0.914. The first-order chi connectivity index (χ1) is 13.0. The Balaban J connectivity index is 1.53. The van der Waals surface area contributed by atoms with Crippen LogP contribution in [0, 0.1) is 0 Å². The van der Waals surface area contributed by atoms with E-state index in [1.54, 1.807) is 0 Å². The summed E-state index contributed by atoms with van der Waals surface area (Å²) in [5.74, 6) is 1.59. The number of carboxylic acid groups (broad SMARTS) is 1. The number of hydrogen-bond acceptors (Lipinski definition) is 5. The number of carboxylic acids is 1. The molecule has 0 unspecified atom stereocenters. The van der Waals surface area contributed by atoms with Gasteiger partial charge in [0.2, 0.25) is 0 Å². The molecule has 0 saturated heterocycles. The summed E-state index contributed by atoms with van der Waals surface area (Å²) in [6.07, 6.45) is 3.61. The van der Waals surface area contributed by atoms with Gasteiger partial charge in [0.25, 0.3) is 0 Å². The van der Waals surface area contributed by atoms with Crippen molar-refractivity contribution >= 4 is 5.97 Å². The molecule has 0 amide bonds. The molecular formula is C19H28N6O2. The van der Waals surface area contributed by atoms with Gasteiger partial charge in [-0.2, -0.15) is 5.10 Å². The number of fused-ring (bicyclic) bond motifs is 2. The molecule has 0 fully saturated rings. The van der Waals surface area contributed by atoms with Crippen LogP contribution in [0.25, 0.3) is 0 Å². The van der Waals surface area contributed by atoms with E-state index in [0.29, 0.717) is 12.0 Å². The van der Waals surface area contributed by atoms with Crippen LogP contribution in [-0.4, -0.2) is 59.7 Å². The van der Waals surface area contributed by atoms with Crippen molar-refractivity contribution in [3.63, 3.8) is 0 Å². The minimum absolute atomic E-state index is 0.241. The first-order valence-corrected chi connectivity index (χ1v) is 9.97. The Morgan fingerprint density at radius 2 is 2.04 bits per heavy atom. The van der Waals surface area contributed by atoms with Gasteiger partial charge in [0, 0.05) is 55.8 Å². The van der Waals surface area contributed by atoms with Crippen molar-refractivity contribution in [2.24, 2.45) is 0 Å². The van der Waals surface area contributed by atoms with Crippen LogP contribution >= 0.6 is 0 Å². The minimum Gasteiger partial charge on any atom is -0.476 e. The van der Waals surface area contributed by atoms with Crippen LogP contribution < -0.4 is 0 Å². The number of aryl methyl sites for hydroxylation is 1. The Labute approximate surface area is 159 Å². The van der Waals surface area contributed by atoms with E-state index in [0.717, 1.165) is 74.8 Å². The van der Waals surface area contributed by atoms with Crippen molar-refractivity contribution in [2.45, 2.75) is 71.5 Å². The second kappa shape index (κ2) is 7.07. The van der Waals surface area contributed by atoms with E-state index in [1.807, 2.05) is 11.6 Å². The summed E-state index contributed by atoms with van der Waals surface area (Å²) in [6.45, 7) is 9.84. The summed E-state index contributed by atoms with van der Waals surface area (Å²) in [7, 11) is 0. The summed E-state index contributed by atoms with van der Waals surface area (Å²) in [6, 6.07) is 0.366. The second-order valence-electron chi connectivity index (χ2n) is 7.86. The Kier molecular flexibility index (Phi) is 4.75. The third-order valence-electron chi connectivity index (χ3n) is 5.94. The monoisotopic (exact) mass is 372 g/mol. The maximum Gasteiger partial charge on any atom is 0.356 e. The zero-order chi connectivity index (χ0) is 19.1. The van der Waals surface area contributed by atoms with E-state index < -0.39 is 5.97 Å². The molecule has 2 aliphatic rings. The number of hydrogen-bond donors (Lipinski definition) is 1. The largest absolute Gasteiger partial charge is 0.476 e. The van der Waals surface area contributed by atoms with Crippen LogP contribution in [0.2, 0.25) is 0 Å². The molecule has 2 aromatic rings. The van der Waals surface area contributed by atoms with Crippen molar-refractivity contribution in [1.29, 1.82) is 0 Å². The number of aromatic carboxylic acids is 1. The van der Waals surface area contributed by atoms with E-state index in [1.165, 1.54) is 0 Å². The van der Waals surface area contributed by atoms with Crippen LogP contribution in [0.15, 0.2) is 0 Å². The fourth-order valence-corrected chi connectivity index (χ4v) is 4.57. The third-order valence-corrected chi connectivity index (χ3v) is 5.94. The molecule has 0 saturated carbocycles. The third kappa shape index (κ3) is 3.16. The van der Waals surface area contributed by atoms with Gasteiger partial charge < -0.3 is 9.67 Å². The molecule has 1 aliphatic heterocycles. The molecule has 8 nitrogen and oxygen atoms in total. The molecule has 1 atom stereocenters. The van der Waals surface area contributed by atoms with Crippen molar-refractivity contribution in [3.05, 3.63) is 28.6 Å². The SMILES string of the molecule is CCn1nc(C(=O)O)c2c1CC[C@@H](N1CCc3nnc(C(C)C)n3CC1)C2. The molecule has 27 heavy (non-hydrogen) atoms. The standard InChI is InChI=1S/C19H28N6O2/c1-4-25-15-6-5-13(11-14(15)17(22-25)19(26)27)23-8-7-16-20-21-18(12(2)3)24(16)10-9-23/h12-13H,4-11H2,1-3H3,(H,26,27)/t13-/m1/s1. The van der Waals surface area contributed by atoms with Gasteiger partial charge in [0.15, 0.2) is 5.69 Å². The average Bonchev–Trinajstić information content (AvgIpc) is 3.16. The van der Waals surface area contributed by atoms with E-state index >= 15 is 0 Å². The predicted octanol–water partition coefficient (Wildman–Crippen LogP) is 1.73. The quantitative estimate of drug-likeness (QED) is 0.879. The Hall–Kier alpha value is -2.22. The molecule has 1 N–H and O–H groups in total. The lowest BCUT2D eigenvalue weighted by atomic mass is 9.90. The number of aromatic nitrogens is 5. The molecule has 1 aliphatic carbocycles. The first-order valence-electron chi connectivity index (χ1n) is 9.97. The lowest BCUT2D eigenvalue weighted by molar-refractivity contribution is 0.0687. The highest BCUT2D eigenvalue weighted by Gasteiger charge is 2.32. The fraction of sp³-hybridized carbons (Fsp3) is 0.684. The molecule has 0 bridgehead atoms. The maximum atomic E-state index is 11.6. The second-order valence-corrected chi connectivity index (χ2v) is 7.86. The van der Waals surface area contributed by atoms with E-state index in [4.69, 9.17) is 0 Å². The number of nitrogens with zero attached hydrogens (tertiary/aromatic N) is 6. The Morgan fingerprint density at radius 3 is 2.74 bits per heavy atom. The normalized spacial score (nSPS) is 20.4. The average molecular weight is 372 g/mol. The van der Waals surface area contributed by atoms with E-state index in [2.05, 4.69) is 38.6 Å². The molecule has 4 rings (SSSR count). The van der Waals surface area contributed by atoms with E-state index in [-0.39, 0.29) is 5.69 Å². The van der Waals surface area contributed by atoms with Gasteiger partial charge >= 0.3 is 5.97 Å². The lowest BCUT2D eigenvalue weighted by Gasteiger charge is -2.33. The topological polar surface area (TPSA) is 89.1 Å². The summed E-state index contributed by atoms with van der Waals surface area (Å²) in [5.41, 5.74) is 2.29. The van der Waals surface area contributed by atoms with Gasteiger partial charge in [-0.3, -0.25) is 9.58 Å². The van der Waals surface area contributed by atoms with Crippen molar-refractivity contribution < 1.29 is 9.90 Å². The smallest absolute Gasteiger partial charge is 0.356 e. The molecule has 0 spiro atoms. The van der Waals surface area contributed by atoms with Gasteiger partial charge in [-0.25, -0.2) is 4.79 Å². The molecular weight excluding hydrogens is 344 g/mol. The van der Waals surface area contributed by atoms with Crippen LogP contribution in [0.3, 0.4) is 0 Å². The van der Waals surface area contributed by atoms with Crippen LogP contribution in [-0.2, 0) is 32.4 Å². The van der Waals surface area contributed by atoms with Crippen LogP contribution in [0.5, 0.6) is 0 Å². The molecule has 3 heterocycles. The number of rotatable bonds is 4. The van der Waals surface area contributed by atoms with E-state index in [9.17, 15) is 9.90 Å². The molecule has 146 valence electrons. The zero-order valence-corrected chi connectivity index (χ0v) is 16.4.